The molecule has 0 saturated carbocycles. The summed E-state index contributed by atoms with van der Waals surface area (Å²) in [5.41, 5.74) is 1.07. The van der Waals surface area contributed by atoms with E-state index in [1.807, 2.05) is 0 Å². The first-order valence-corrected chi connectivity index (χ1v) is 7.11. The van der Waals surface area contributed by atoms with Gasteiger partial charge < -0.3 is 9.47 Å². The molecule has 15 heavy (non-hydrogen) atoms. The fraction of sp³-hybridized carbons (Fsp3) is 0.700. The quantitative estimate of drug-likeness (QED) is 0.799. The lowest BCUT2D eigenvalue weighted by atomic mass is 10.2. The van der Waals surface area contributed by atoms with Gasteiger partial charge in [-0.3, -0.25) is 0 Å². The molecule has 0 aromatic carbocycles. The van der Waals surface area contributed by atoms with E-state index < -0.39 is 0 Å². The molecule has 0 radical (unpaired) electrons. The Kier molecular flexibility index (Phi) is 4.56. The van der Waals surface area contributed by atoms with Gasteiger partial charge in [0.05, 0.1) is 5.69 Å². The molecule has 1 saturated heterocycles. The Labute approximate surface area is 102 Å². The number of halogens is 1. The summed E-state index contributed by atoms with van der Waals surface area (Å²) in [5, 5.41) is 3.89. The highest BCUT2D eigenvalue weighted by Crippen LogP contribution is 2.18. The second-order valence-electron chi connectivity index (χ2n) is 3.47. The second kappa shape index (κ2) is 5.94. The molecule has 5 heteroatoms. The zero-order valence-corrected chi connectivity index (χ0v) is 10.8. The fourth-order valence-electron chi connectivity index (χ4n) is 1.48. The van der Waals surface area contributed by atoms with E-state index in [1.165, 1.54) is 6.42 Å². The van der Waals surface area contributed by atoms with Crippen LogP contribution in [0.25, 0.3) is 0 Å². The van der Waals surface area contributed by atoms with Gasteiger partial charge in [-0.2, -0.15) is 0 Å². The lowest BCUT2D eigenvalue weighted by Gasteiger charge is -2.22. The molecule has 1 unspecified atom stereocenters. The number of nitrogens with zero attached hydrogens (tertiary/aromatic N) is 1. The van der Waals surface area contributed by atoms with Gasteiger partial charge in [0.1, 0.15) is 11.6 Å². The van der Waals surface area contributed by atoms with Gasteiger partial charge in [-0.05, 0) is 19.3 Å². The van der Waals surface area contributed by atoms with Crippen LogP contribution in [0.15, 0.2) is 5.38 Å². The first kappa shape index (κ1) is 11.5. The second-order valence-corrected chi connectivity index (χ2v) is 4.98. The van der Waals surface area contributed by atoms with E-state index in [1.54, 1.807) is 11.3 Å². The summed E-state index contributed by atoms with van der Waals surface area (Å²) in [4.78, 5) is 4.40. The van der Waals surface area contributed by atoms with Crippen LogP contribution in [0.2, 0.25) is 0 Å². The van der Waals surface area contributed by atoms with Gasteiger partial charge in [-0.1, -0.05) is 15.9 Å². The third kappa shape index (κ3) is 3.52. The predicted octanol–water partition coefficient (Wildman–Crippen LogP) is 3.08. The molecule has 1 atom stereocenters. The van der Waals surface area contributed by atoms with Crippen molar-refractivity contribution in [1.29, 1.82) is 0 Å². The molecule has 0 aliphatic carbocycles. The van der Waals surface area contributed by atoms with Crippen LogP contribution in [0.5, 0.6) is 0 Å². The molecular formula is C10H14BrNO2S. The molecule has 2 rings (SSSR count). The minimum Gasteiger partial charge on any atom is -0.353 e. The van der Waals surface area contributed by atoms with Crippen molar-refractivity contribution in [2.24, 2.45) is 0 Å². The fourth-order valence-corrected chi connectivity index (χ4v) is 2.70. The Morgan fingerprint density at radius 2 is 2.53 bits per heavy atom. The largest absolute Gasteiger partial charge is 0.353 e. The van der Waals surface area contributed by atoms with Crippen LogP contribution >= 0.6 is 27.3 Å². The monoisotopic (exact) mass is 291 g/mol. The van der Waals surface area contributed by atoms with Gasteiger partial charge in [0, 0.05) is 17.3 Å². The Balaban J connectivity index is 1.76. The van der Waals surface area contributed by atoms with E-state index in [-0.39, 0.29) is 6.29 Å². The Morgan fingerprint density at radius 1 is 1.60 bits per heavy atom. The highest BCUT2D eigenvalue weighted by molar-refractivity contribution is 9.08. The zero-order chi connectivity index (χ0) is 10.5. The number of hydrogen-bond acceptors (Lipinski definition) is 4. The van der Waals surface area contributed by atoms with Crippen LogP contribution in [0.1, 0.15) is 30.0 Å². The van der Waals surface area contributed by atoms with E-state index in [4.69, 9.17) is 9.47 Å². The Hall–Kier alpha value is 0.0300. The van der Waals surface area contributed by atoms with Crippen molar-refractivity contribution < 1.29 is 9.47 Å². The molecule has 1 aromatic heterocycles. The lowest BCUT2D eigenvalue weighted by Crippen LogP contribution is -2.21. The van der Waals surface area contributed by atoms with Crippen LogP contribution in [0.4, 0.5) is 0 Å². The lowest BCUT2D eigenvalue weighted by molar-refractivity contribution is -0.168. The average molecular weight is 292 g/mol. The minimum atomic E-state index is -0.0185. The van der Waals surface area contributed by atoms with Crippen molar-refractivity contribution in [1.82, 2.24) is 4.98 Å². The van der Waals surface area contributed by atoms with E-state index in [0.29, 0.717) is 6.61 Å². The summed E-state index contributed by atoms with van der Waals surface area (Å²) in [5.74, 6) is 0. The highest BCUT2D eigenvalue weighted by atomic mass is 79.9. The summed E-state index contributed by atoms with van der Waals surface area (Å²) in [6.45, 7) is 1.40. The number of ether oxygens (including phenoxy) is 2. The first-order valence-electron chi connectivity index (χ1n) is 5.11. The number of rotatable bonds is 4. The number of aromatic nitrogens is 1. The SMILES string of the molecule is BrCc1csc(COC2CCCCO2)n1. The summed E-state index contributed by atoms with van der Waals surface area (Å²) < 4.78 is 11.1. The molecule has 84 valence electrons. The third-order valence-corrected chi connectivity index (χ3v) is 3.71. The maximum Gasteiger partial charge on any atom is 0.158 e. The average Bonchev–Trinajstić information content (AvgIpc) is 2.76. The maximum absolute atomic E-state index is 5.64. The van der Waals surface area contributed by atoms with Crippen LogP contribution in [0.3, 0.4) is 0 Å². The van der Waals surface area contributed by atoms with E-state index in [0.717, 1.165) is 35.5 Å². The molecular weight excluding hydrogens is 278 g/mol. The molecule has 1 aliphatic rings. The van der Waals surface area contributed by atoms with Crippen LogP contribution in [-0.2, 0) is 21.4 Å². The van der Waals surface area contributed by atoms with Crippen molar-refractivity contribution in [3.8, 4) is 0 Å². The zero-order valence-electron chi connectivity index (χ0n) is 8.45. The summed E-state index contributed by atoms with van der Waals surface area (Å²) in [6.07, 6.45) is 3.35. The molecule has 0 spiro atoms. The highest BCUT2D eigenvalue weighted by Gasteiger charge is 2.14. The predicted molar refractivity (Wildman–Crippen MR) is 63.1 cm³/mol. The topological polar surface area (TPSA) is 31.4 Å². The van der Waals surface area contributed by atoms with Crippen molar-refractivity contribution in [2.75, 3.05) is 6.61 Å². The van der Waals surface area contributed by atoms with Gasteiger partial charge in [0.15, 0.2) is 6.29 Å². The summed E-state index contributed by atoms with van der Waals surface area (Å²) >= 11 is 5.02. The van der Waals surface area contributed by atoms with Crippen molar-refractivity contribution in [3.05, 3.63) is 16.1 Å². The summed E-state index contributed by atoms with van der Waals surface area (Å²) in [6, 6.07) is 0. The number of alkyl halides is 1. The molecule has 0 amide bonds. The standard InChI is InChI=1S/C10H14BrNO2S/c11-5-8-7-15-9(12-8)6-14-10-3-1-2-4-13-10/h7,10H,1-6H2. The molecule has 3 nitrogen and oxygen atoms in total. The first-order chi connectivity index (χ1) is 7.38. The molecule has 1 fully saturated rings. The van der Waals surface area contributed by atoms with Gasteiger partial charge in [-0.25, -0.2) is 4.98 Å². The summed E-state index contributed by atoms with van der Waals surface area (Å²) in [7, 11) is 0. The van der Waals surface area contributed by atoms with Crippen molar-refractivity contribution in [2.45, 2.75) is 37.5 Å². The molecule has 0 N–H and O–H groups in total. The van der Waals surface area contributed by atoms with Gasteiger partial charge in [0.2, 0.25) is 0 Å². The molecule has 1 aromatic rings. The number of thiazole rings is 1. The molecule has 1 aliphatic heterocycles. The minimum absolute atomic E-state index is 0.0185. The van der Waals surface area contributed by atoms with E-state index in [2.05, 4.69) is 26.3 Å². The van der Waals surface area contributed by atoms with Gasteiger partial charge in [0.25, 0.3) is 0 Å². The molecule has 0 bridgehead atoms. The van der Waals surface area contributed by atoms with Crippen LogP contribution < -0.4 is 0 Å². The van der Waals surface area contributed by atoms with Crippen LogP contribution in [-0.4, -0.2) is 17.9 Å². The van der Waals surface area contributed by atoms with E-state index >= 15 is 0 Å². The number of hydrogen-bond donors (Lipinski definition) is 0. The normalized spacial score (nSPS) is 21.8. The van der Waals surface area contributed by atoms with E-state index in [9.17, 15) is 0 Å². The van der Waals surface area contributed by atoms with Crippen molar-refractivity contribution >= 4 is 27.3 Å². The molecule has 2 heterocycles. The smallest absolute Gasteiger partial charge is 0.158 e. The van der Waals surface area contributed by atoms with Crippen molar-refractivity contribution in [3.63, 3.8) is 0 Å². The van der Waals surface area contributed by atoms with Gasteiger partial charge in [-0.15, -0.1) is 11.3 Å². The Bertz CT molecular complexity index is 299. The third-order valence-electron chi connectivity index (χ3n) is 2.27. The van der Waals surface area contributed by atoms with Crippen LogP contribution in [0, 0.1) is 0 Å². The van der Waals surface area contributed by atoms with Gasteiger partial charge >= 0.3 is 0 Å². The maximum atomic E-state index is 5.64. The Morgan fingerprint density at radius 3 is 3.20 bits per heavy atom.